The molecule has 20 heavy (non-hydrogen) atoms. The number of phenolic OH excluding ortho intramolecular Hbond substituents is 1. The van der Waals surface area contributed by atoms with Gasteiger partial charge in [0.25, 0.3) is 5.91 Å². The number of aromatic hydroxyl groups is 1. The predicted molar refractivity (Wildman–Crippen MR) is 72.0 cm³/mol. The third kappa shape index (κ3) is 2.74. The Morgan fingerprint density at radius 3 is 2.65 bits per heavy atom. The molecule has 3 N–H and O–H groups in total. The third-order valence-electron chi connectivity index (χ3n) is 2.72. The first-order valence-corrected chi connectivity index (χ1v) is 5.78. The van der Waals surface area contributed by atoms with Crippen LogP contribution in [0.1, 0.15) is 26.4 Å². The van der Waals surface area contributed by atoms with Crippen molar-refractivity contribution in [1.29, 1.82) is 0 Å². The van der Waals surface area contributed by atoms with Gasteiger partial charge in [-0.2, -0.15) is 0 Å². The fourth-order valence-corrected chi connectivity index (χ4v) is 1.67. The SMILES string of the molecule is Cc1cc(C(=O)Nc2cccnc2C(=O)O)ccc1O. The van der Waals surface area contributed by atoms with E-state index in [0.29, 0.717) is 11.1 Å². The van der Waals surface area contributed by atoms with E-state index in [2.05, 4.69) is 10.3 Å². The van der Waals surface area contributed by atoms with E-state index >= 15 is 0 Å². The first kappa shape index (κ1) is 13.5. The number of carboxylic acid groups (broad SMARTS) is 1. The van der Waals surface area contributed by atoms with Crippen molar-refractivity contribution in [3.63, 3.8) is 0 Å². The largest absolute Gasteiger partial charge is 0.508 e. The molecule has 0 fully saturated rings. The number of hydrogen-bond donors (Lipinski definition) is 3. The Kier molecular flexibility index (Phi) is 3.65. The summed E-state index contributed by atoms with van der Waals surface area (Å²) in [7, 11) is 0. The molecule has 6 heteroatoms. The summed E-state index contributed by atoms with van der Waals surface area (Å²) >= 11 is 0. The molecule has 2 aromatic rings. The molecule has 0 saturated carbocycles. The van der Waals surface area contributed by atoms with E-state index in [9.17, 15) is 14.7 Å². The second-order valence-corrected chi connectivity index (χ2v) is 4.16. The van der Waals surface area contributed by atoms with Crippen LogP contribution in [0.25, 0.3) is 0 Å². The zero-order chi connectivity index (χ0) is 14.7. The maximum absolute atomic E-state index is 12.0. The van der Waals surface area contributed by atoms with Crippen LogP contribution in [0.15, 0.2) is 36.5 Å². The number of rotatable bonds is 3. The van der Waals surface area contributed by atoms with Gasteiger partial charge >= 0.3 is 5.97 Å². The van der Waals surface area contributed by atoms with Gasteiger partial charge in [-0.25, -0.2) is 9.78 Å². The zero-order valence-electron chi connectivity index (χ0n) is 10.6. The summed E-state index contributed by atoms with van der Waals surface area (Å²) in [5.74, 6) is -1.60. The molecule has 1 aromatic carbocycles. The molecule has 0 radical (unpaired) electrons. The minimum atomic E-state index is -1.22. The molecule has 0 saturated heterocycles. The highest BCUT2D eigenvalue weighted by atomic mass is 16.4. The Bertz CT molecular complexity index is 683. The van der Waals surface area contributed by atoms with E-state index in [1.54, 1.807) is 6.92 Å². The van der Waals surface area contributed by atoms with Crippen molar-refractivity contribution in [2.75, 3.05) is 5.32 Å². The van der Waals surface area contributed by atoms with Crippen molar-refractivity contribution < 1.29 is 19.8 Å². The van der Waals surface area contributed by atoms with Crippen LogP contribution >= 0.6 is 0 Å². The van der Waals surface area contributed by atoms with Gasteiger partial charge in [-0.3, -0.25) is 4.79 Å². The van der Waals surface area contributed by atoms with Gasteiger partial charge in [0.15, 0.2) is 5.69 Å². The van der Waals surface area contributed by atoms with Crippen LogP contribution in [-0.4, -0.2) is 27.1 Å². The minimum absolute atomic E-state index is 0.0918. The summed E-state index contributed by atoms with van der Waals surface area (Å²) in [4.78, 5) is 26.7. The summed E-state index contributed by atoms with van der Waals surface area (Å²) in [6.07, 6.45) is 1.34. The van der Waals surface area contributed by atoms with Crippen LogP contribution in [0, 0.1) is 6.92 Å². The molecular formula is C14H12N2O4. The van der Waals surface area contributed by atoms with E-state index in [1.807, 2.05) is 0 Å². The second kappa shape index (κ2) is 5.40. The summed E-state index contributed by atoms with van der Waals surface area (Å²) in [5.41, 5.74) is 0.773. The molecule has 6 nitrogen and oxygen atoms in total. The smallest absolute Gasteiger partial charge is 0.356 e. The molecule has 2 rings (SSSR count). The number of phenols is 1. The Hall–Kier alpha value is -2.89. The number of nitrogens with one attached hydrogen (secondary N) is 1. The molecule has 0 aliphatic rings. The lowest BCUT2D eigenvalue weighted by Crippen LogP contribution is -2.15. The number of hydrogen-bond acceptors (Lipinski definition) is 4. The average Bonchev–Trinajstić information content (AvgIpc) is 2.42. The van der Waals surface area contributed by atoms with Crippen LogP contribution in [0.5, 0.6) is 5.75 Å². The Morgan fingerprint density at radius 2 is 2.00 bits per heavy atom. The Labute approximate surface area is 114 Å². The monoisotopic (exact) mass is 272 g/mol. The normalized spacial score (nSPS) is 10.1. The number of amides is 1. The van der Waals surface area contributed by atoms with Crippen LogP contribution in [0.2, 0.25) is 0 Å². The van der Waals surface area contributed by atoms with E-state index in [4.69, 9.17) is 5.11 Å². The fraction of sp³-hybridized carbons (Fsp3) is 0.0714. The maximum Gasteiger partial charge on any atom is 0.356 e. The molecular weight excluding hydrogens is 260 g/mol. The number of pyridine rings is 1. The highest BCUT2D eigenvalue weighted by Gasteiger charge is 2.14. The molecule has 1 heterocycles. The molecule has 0 aliphatic carbocycles. The highest BCUT2D eigenvalue weighted by molar-refractivity contribution is 6.07. The van der Waals surface area contributed by atoms with Crippen LogP contribution in [0.4, 0.5) is 5.69 Å². The van der Waals surface area contributed by atoms with Crippen molar-refractivity contribution in [2.24, 2.45) is 0 Å². The summed E-state index contributed by atoms with van der Waals surface area (Å²) < 4.78 is 0. The van der Waals surface area contributed by atoms with Crippen LogP contribution in [0.3, 0.4) is 0 Å². The molecule has 0 aliphatic heterocycles. The average molecular weight is 272 g/mol. The van der Waals surface area contributed by atoms with Crippen molar-refractivity contribution >= 4 is 17.6 Å². The fourth-order valence-electron chi connectivity index (χ4n) is 1.67. The minimum Gasteiger partial charge on any atom is -0.508 e. The predicted octanol–water partition coefficient (Wildman–Crippen LogP) is 2.05. The van der Waals surface area contributed by atoms with E-state index < -0.39 is 11.9 Å². The van der Waals surface area contributed by atoms with Crippen LogP contribution in [-0.2, 0) is 0 Å². The molecule has 1 amide bonds. The van der Waals surface area contributed by atoms with E-state index in [1.165, 1.54) is 36.5 Å². The maximum atomic E-state index is 12.0. The number of carbonyl (C=O) groups excluding carboxylic acids is 1. The van der Waals surface area contributed by atoms with Gasteiger partial charge in [0.1, 0.15) is 5.75 Å². The van der Waals surface area contributed by atoms with Crippen molar-refractivity contribution in [1.82, 2.24) is 4.98 Å². The lowest BCUT2D eigenvalue weighted by atomic mass is 10.1. The number of aromatic nitrogens is 1. The zero-order valence-corrected chi connectivity index (χ0v) is 10.6. The molecule has 0 atom stereocenters. The molecule has 0 unspecified atom stereocenters. The van der Waals surface area contributed by atoms with Gasteiger partial charge < -0.3 is 15.5 Å². The quantitative estimate of drug-likeness (QED) is 0.794. The molecule has 0 spiro atoms. The van der Waals surface area contributed by atoms with Gasteiger partial charge in [-0.15, -0.1) is 0 Å². The van der Waals surface area contributed by atoms with E-state index in [0.717, 1.165) is 0 Å². The highest BCUT2D eigenvalue weighted by Crippen LogP contribution is 2.19. The van der Waals surface area contributed by atoms with Gasteiger partial charge in [0, 0.05) is 11.8 Å². The summed E-state index contributed by atoms with van der Waals surface area (Å²) in [6.45, 7) is 1.67. The molecule has 0 bridgehead atoms. The van der Waals surface area contributed by atoms with Gasteiger partial charge in [0.2, 0.25) is 0 Å². The van der Waals surface area contributed by atoms with Gasteiger partial charge in [-0.05, 0) is 42.8 Å². The molecule has 1 aromatic heterocycles. The number of benzene rings is 1. The number of carboxylic acids is 1. The number of nitrogens with zero attached hydrogens (tertiary/aromatic N) is 1. The van der Waals surface area contributed by atoms with Crippen LogP contribution < -0.4 is 5.32 Å². The number of aryl methyl sites for hydroxylation is 1. The standard InChI is InChI=1S/C14H12N2O4/c1-8-7-9(4-5-11(8)17)13(18)16-10-3-2-6-15-12(10)14(19)20/h2-7,17H,1H3,(H,16,18)(H,19,20). The van der Waals surface area contributed by atoms with Crippen molar-refractivity contribution in [3.8, 4) is 5.75 Å². The third-order valence-corrected chi connectivity index (χ3v) is 2.72. The lowest BCUT2D eigenvalue weighted by Gasteiger charge is -2.08. The lowest BCUT2D eigenvalue weighted by molar-refractivity contribution is 0.0691. The Balaban J connectivity index is 2.28. The Morgan fingerprint density at radius 1 is 1.25 bits per heavy atom. The summed E-state index contributed by atoms with van der Waals surface area (Å²) in [6, 6.07) is 7.37. The number of aromatic carboxylic acids is 1. The topological polar surface area (TPSA) is 99.5 Å². The first-order chi connectivity index (χ1) is 9.49. The molecule has 102 valence electrons. The second-order valence-electron chi connectivity index (χ2n) is 4.16. The first-order valence-electron chi connectivity index (χ1n) is 5.78. The van der Waals surface area contributed by atoms with Crippen molar-refractivity contribution in [3.05, 3.63) is 53.3 Å². The van der Waals surface area contributed by atoms with Gasteiger partial charge in [-0.1, -0.05) is 0 Å². The summed E-state index contributed by atoms with van der Waals surface area (Å²) in [5, 5.41) is 20.9. The van der Waals surface area contributed by atoms with Gasteiger partial charge in [0.05, 0.1) is 5.69 Å². The van der Waals surface area contributed by atoms with Crippen molar-refractivity contribution in [2.45, 2.75) is 6.92 Å². The number of anilines is 1. The number of carbonyl (C=O) groups is 2. The van der Waals surface area contributed by atoms with E-state index in [-0.39, 0.29) is 17.1 Å².